The number of carbonyl (C=O) groups excluding carboxylic acids is 2. The van der Waals surface area contributed by atoms with Gasteiger partial charge in [-0.2, -0.15) is 0 Å². The van der Waals surface area contributed by atoms with E-state index in [-0.39, 0.29) is 0 Å². The van der Waals surface area contributed by atoms with Gasteiger partial charge in [0.2, 0.25) is 0 Å². The number of rotatable bonds is 19. The van der Waals surface area contributed by atoms with Crippen LogP contribution in [0.1, 0.15) is 252 Å². The number of halogens is 2. The molecule has 6 rings (SSSR count). The SMILES string of the molecule is CCCCCCCC1CCC2(CC1)C(=O)C1(CCC(CCCCC)CC1)[C@@H]2F.CCCCCCCCC1CCCCC12C(=O)C1(CCC(CCC)CC1)[C@@H]2F. The maximum atomic E-state index is 15.9. The van der Waals surface area contributed by atoms with Crippen molar-refractivity contribution in [1.82, 2.24) is 0 Å². The Morgan fingerprint density at radius 1 is 0.418 bits per heavy atom. The molecule has 0 heterocycles. The number of Topliss-reactive ketones (excluding diaryl/α,β-unsaturated/α-hetero) is 2. The maximum Gasteiger partial charge on any atom is 0.151 e. The van der Waals surface area contributed by atoms with Gasteiger partial charge in [-0.3, -0.25) is 9.59 Å². The molecule has 6 aliphatic rings. The minimum Gasteiger partial charge on any atom is -0.298 e. The average Bonchev–Trinajstić information content (AvgIpc) is 3.22. The highest BCUT2D eigenvalue weighted by Crippen LogP contribution is 2.68. The molecule has 2 nitrogen and oxygen atoms in total. The summed E-state index contributed by atoms with van der Waals surface area (Å²) in [5.74, 6) is 3.28. The van der Waals surface area contributed by atoms with E-state index in [0.29, 0.717) is 17.5 Å². The van der Waals surface area contributed by atoms with E-state index < -0.39 is 34.0 Å². The van der Waals surface area contributed by atoms with Crippen molar-refractivity contribution in [1.29, 1.82) is 0 Å². The van der Waals surface area contributed by atoms with E-state index in [4.69, 9.17) is 0 Å². The number of ketones is 2. The summed E-state index contributed by atoms with van der Waals surface area (Å²) in [6.07, 6.45) is 38.5. The Bertz CT molecular complexity index is 1140. The van der Waals surface area contributed by atoms with Gasteiger partial charge in [-0.1, -0.05) is 156 Å². The monoisotopic (exact) mass is 771 g/mol. The van der Waals surface area contributed by atoms with E-state index in [1.807, 2.05) is 0 Å². The van der Waals surface area contributed by atoms with Crippen LogP contribution in [-0.2, 0) is 9.59 Å². The van der Waals surface area contributed by atoms with Gasteiger partial charge in [-0.25, -0.2) is 8.78 Å². The zero-order valence-corrected chi connectivity index (χ0v) is 36.8. The molecule has 6 fully saturated rings. The highest BCUT2D eigenvalue weighted by molar-refractivity contribution is 5.99. The first-order valence-corrected chi connectivity index (χ1v) is 25.1. The second-order valence-corrected chi connectivity index (χ2v) is 20.7. The molecule has 4 spiro atoms. The molecule has 0 bridgehead atoms. The lowest BCUT2D eigenvalue weighted by molar-refractivity contribution is -0.203. The molecule has 2 unspecified atom stereocenters. The van der Waals surface area contributed by atoms with E-state index in [0.717, 1.165) is 120 Å². The fourth-order valence-electron chi connectivity index (χ4n) is 13.8. The van der Waals surface area contributed by atoms with E-state index >= 15 is 8.78 Å². The Morgan fingerprint density at radius 2 is 0.818 bits per heavy atom. The molecule has 0 aromatic carbocycles. The van der Waals surface area contributed by atoms with Crippen molar-refractivity contribution >= 4 is 11.6 Å². The molecule has 0 saturated heterocycles. The van der Waals surface area contributed by atoms with Crippen LogP contribution in [0.5, 0.6) is 0 Å². The van der Waals surface area contributed by atoms with E-state index in [1.54, 1.807) is 0 Å². The van der Waals surface area contributed by atoms with Crippen molar-refractivity contribution in [3.8, 4) is 0 Å². The molecule has 318 valence electrons. The number of unbranched alkanes of at least 4 members (excludes halogenated alkanes) is 11. The normalized spacial score (nSPS) is 38.6. The molecule has 0 aromatic rings. The number of alkyl halides is 2. The second kappa shape index (κ2) is 21.5. The van der Waals surface area contributed by atoms with Gasteiger partial charge in [-0.05, 0) is 120 Å². The number of hydrogen-bond acceptors (Lipinski definition) is 2. The van der Waals surface area contributed by atoms with Crippen LogP contribution in [0.4, 0.5) is 8.78 Å². The molecule has 4 heteroatoms. The Kier molecular flexibility index (Phi) is 17.7. The molecule has 55 heavy (non-hydrogen) atoms. The lowest BCUT2D eigenvalue weighted by Crippen LogP contribution is -2.71. The molecular weight excluding hydrogens is 683 g/mol. The first-order chi connectivity index (χ1) is 26.7. The van der Waals surface area contributed by atoms with Crippen molar-refractivity contribution in [2.24, 2.45) is 45.3 Å². The second-order valence-electron chi connectivity index (χ2n) is 20.7. The molecule has 6 aliphatic carbocycles. The van der Waals surface area contributed by atoms with Gasteiger partial charge in [0.25, 0.3) is 0 Å². The molecule has 0 N–H and O–H groups in total. The molecule has 0 amide bonds. The number of hydrogen-bond donors (Lipinski definition) is 0. The van der Waals surface area contributed by atoms with Crippen LogP contribution >= 0.6 is 0 Å². The smallest absolute Gasteiger partial charge is 0.151 e. The Balaban J connectivity index is 0.000000211. The maximum absolute atomic E-state index is 15.9. The summed E-state index contributed by atoms with van der Waals surface area (Å²) in [7, 11) is 0. The Morgan fingerprint density at radius 3 is 1.27 bits per heavy atom. The van der Waals surface area contributed by atoms with Gasteiger partial charge >= 0.3 is 0 Å². The van der Waals surface area contributed by atoms with Gasteiger partial charge in [0.05, 0.1) is 21.7 Å². The van der Waals surface area contributed by atoms with Crippen molar-refractivity contribution < 1.29 is 18.4 Å². The lowest BCUT2D eigenvalue weighted by atomic mass is 9.39. The van der Waals surface area contributed by atoms with Crippen molar-refractivity contribution in [3.05, 3.63) is 0 Å². The third-order valence-electron chi connectivity index (χ3n) is 17.3. The first-order valence-electron chi connectivity index (χ1n) is 25.1. The number of carbonyl (C=O) groups is 2. The molecule has 0 radical (unpaired) electrons. The zero-order chi connectivity index (χ0) is 39.4. The standard InChI is InChI=1S/C26H45FO.C25H43FO/c1-3-5-7-8-10-12-22-15-19-26(20-16-22)23(27)25(24(26)28)17-13-21(14-18-25)11-9-6-4-2;1-3-5-6-7-8-9-13-21-14-10-11-17-25(21)22(26)24(23(25)27)18-15-20(12-4-2)16-19-24/h21-23H,3-20H2,1-2H3;20-22H,3-19H2,1-2H3/t21?,22?,23-,25?,26?;20?,21?,22-,24?,25?/m00/s1. The first kappa shape index (κ1) is 45.3. The van der Waals surface area contributed by atoms with Gasteiger partial charge < -0.3 is 0 Å². The molecule has 0 aliphatic heterocycles. The van der Waals surface area contributed by atoms with Crippen LogP contribution in [0.25, 0.3) is 0 Å². The Hall–Kier alpha value is -0.800. The van der Waals surface area contributed by atoms with Gasteiger partial charge in [0.15, 0.2) is 11.6 Å². The summed E-state index contributed by atoms with van der Waals surface area (Å²) in [6.45, 7) is 8.99. The van der Waals surface area contributed by atoms with Crippen LogP contribution in [0.2, 0.25) is 0 Å². The van der Waals surface area contributed by atoms with Crippen LogP contribution in [0.3, 0.4) is 0 Å². The van der Waals surface area contributed by atoms with Crippen LogP contribution in [0.15, 0.2) is 0 Å². The molecular formula is C51H88F2O2. The fourth-order valence-corrected chi connectivity index (χ4v) is 13.8. The highest BCUT2D eigenvalue weighted by Gasteiger charge is 2.74. The van der Waals surface area contributed by atoms with Crippen molar-refractivity contribution in [2.75, 3.05) is 0 Å². The predicted molar refractivity (Wildman–Crippen MR) is 228 cm³/mol. The largest absolute Gasteiger partial charge is 0.298 e. The average molecular weight is 771 g/mol. The van der Waals surface area contributed by atoms with Crippen molar-refractivity contribution in [3.63, 3.8) is 0 Å². The third kappa shape index (κ3) is 9.65. The summed E-state index contributed by atoms with van der Waals surface area (Å²) in [6, 6.07) is 0. The zero-order valence-electron chi connectivity index (χ0n) is 36.8. The molecule has 0 aromatic heterocycles. The summed E-state index contributed by atoms with van der Waals surface area (Å²) in [5.41, 5.74) is -2.26. The topological polar surface area (TPSA) is 34.1 Å². The lowest BCUT2D eigenvalue weighted by Gasteiger charge is -2.63. The molecule has 6 saturated carbocycles. The van der Waals surface area contributed by atoms with Crippen LogP contribution < -0.4 is 0 Å². The van der Waals surface area contributed by atoms with E-state index in [2.05, 4.69) is 27.7 Å². The predicted octanol–water partition coefficient (Wildman–Crippen LogP) is 16.0. The summed E-state index contributed by atoms with van der Waals surface area (Å²) in [5, 5.41) is 0. The van der Waals surface area contributed by atoms with Gasteiger partial charge in [-0.15, -0.1) is 0 Å². The van der Waals surface area contributed by atoms with Gasteiger partial charge in [0.1, 0.15) is 12.3 Å². The Labute approximate surface area is 339 Å². The van der Waals surface area contributed by atoms with Crippen LogP contribution in [-0.4, -0.2) is 23.9 Å². The quantitative estimate of drug-likeness (QED) is 0.123. The van der Waals surface area contributed by atoms with E-state index in [1.165, 1.54) is 122 Å². The van der Waals surface area contributed by atoms with Crippen molar-refractivity contribution in [2.45, 2.75) is 265 Å². The highest BCUT2D eigenvalue weighted by atomic mass is 19.1. The third-order valence-corrected chi connectivity index (χ3v) is 17.3. The summed E-state index contributed by atoms with van der Waals surface area (Å²) >= 11 is 0. The summed E-state index contributed by atoms with van der Waals surface area (Å²) in [4.78, 5) is 26.8. The molecule has 4 atom stereocenters. The summed E-state index contributed by atoms with van der Waals surface area (Å²) < 4.78 is 31.4. The fraction of sp³-hybridized carbons (Fsp3) is 0.961. The minimum atomic E-state index is -0.842. The van der Waals surface area contributed by atoms with Gasteiger partial charge in [0, 0.05) is 0 Å². The van der Waals surface area contributed by atoms with E-state index in [9.17, 15) is 9.59 Å². The minimum absolute atomic E-state index is 0.332. The van der Waals surface area contributed by atoms with Crippen LogP contribution in [0, 0.1) is 45.3 Å².